The van der Waals surface area contributed by atoms with Gasteiger partial charge in [-0.3, -0.25) is 0 Å². The van der Waals surface area contributed by atoms with Crippen molar-refractivity contribution in [1.29, 1.82) is 0 Å². The first kappa shape index (κ1) is 26.6. The Morgan fingerprint density at radius 3 is 2.32 bits per heavy atom. The molecule has 2 aliphatic rings. The molecule has 2 aromatic rings. The molecule has 5 nitrogen and oxygen atoms in total. The van der Waals surface area contributed by atoms with Crippen molar-refractivity contribution in [2.45, 2.75) is 96.9 Å². The molecular weight excluding hydrogens is 420 g/mol. The summed E-state index contributed by atoms with van der Waals surface area (Å²) in [5.41, 5.74) is 4.46. The van der Waals surface area contributed by atoms with Crippen molar-refractivity contribution in [2.75, 3.05) is 31.1 Å². The van der Waals surface area contributed by atoms with E-state index in [-0.39, 0.29) is 17.4 Å². The summed E-state index contributed by atoms with van der Waals surface area (Å²) in [6, 6.07) is 9.48. The van der Waals surface area contributed by atoms with Crippen LogP contribution in [0.15, 0.2) is 30.5 Å². The fourth-order valence-corrected chi connectivity index (χ4v) is 5.25. The predicted octanol–water partition coefficient (Wildman–Crippen LogP) is 5.85. The van der Waals surface area contributed by atoms with E-state index >= 15 is 0 Å². The van der Waals surface area contributed by atoms with Crippen molar-refractivity contribution in [1.82, 2.24) is 15.3 Å². The molecule has 2 N–H and O–H groups in total. The van der Waals surface area contributed by atoms with E-state index in [1.54, 1.807) is 0 Å². The number of nitrogens with zero attached hydrogens (tertiary/aromatic N) is 3. The average Bonchev–Trinajstić information content (AvgIpc) is 2.86. The fourth-order valence-electron chi connectivity index (χ4n) is 5.25. The molecule has 34 heavy (non-hydrogen) atoms. The molecule has 5 heteroatoms. The van der Waals surface area contributed by atoms with Crippen LogP contribution in [-0.2, 0) is 10.8 Å². The monoisotopic (exact) mass is 466 g/mol. The van der Waals surface area contributed by atoms with Gasteiger partial charge in [0.2, 0.25) is 0 Å². The van der Waals surface area contributed by atoms with E-state index in [1.165, 1.54) is 24.0 Å². The second-order valence-corrected chi connectivity index (χ2v) is 10.9. The number of hydrogen-bond donors (Lipinski definition) is 2. The molecule has 0 unspecified atom stereocenters. The second kappa shape index (κ2) is 11.6. The van der Waals surface area contributed by atoms with Crippen molar-refractivity contribution >= 4 is 5.82 Å². The SMILES string of the molecule is CC.CC1(C)CCC(C)(C)c2cc(-c3nccc(N4CCC(NCCCCO)CC4)n3)ccc21. The number of nitrogens with one attached hydrogen (secondary N) is 1. The van der Waals surface area contributed by atoms with Gasteiger partial charge in [0.15, 0.2) is 5.82 Å². The van der Waals surface area contributed by atoms with Gasteiger partial charge >= 0.3 is 0 Å². The molecule has 1 saturated heterocycles. The number of aromatic nitrogens is 2. The first-order valence-electron chi connectivity index (χ1n) is 13.4. The van der Waals surface area contributed by atoms with Crippen LogP contribution < -0.4 is 10.2 Å². The summed E-state index contributed by atoms with van der Waals surface area (Å²) in [5, 5.41) is 12.6. The van der Waals surface area contributed by atoms with Gasteiger partial charge in [-0.25, -0.2) is 9.97 Å². The fraction of sp³-hybridized carbons (Fsp3) is 0.655. The Labute approximate surface area is 207 Å². The van der Waals surface area contributed by atoms with Crippen LogP contribution in [0.2, 0.25) is 0 Å². The molecule has 4 rings (SSSR count). The first-order valence-corrected chi connectivity index (χ1v) is 13.4. The summed E-state index contributed by atoms with van der Waals surface area (Å²) in [5.74, 6) is 1.86. The Hall–Kier alpha value is -1.98. The van der Waals surface area contributed by atoms with Gasteiger partial charge in [-0.1, -0.05) is 53.7 Å². The minimum Gasteiger partial charge on any atom is -0.396 e. The molecule has 1 aromatic heterocycles. The molecule has 0 bridgehead atoms. The topological polar surface area (TPSA) is 61.3 Å². The molecule has 188 valence electrons. The average molecular weight is 467 g/mol. The van der Waals surface area contributed by atoms with Gasteiger partial charge in [0, 0.05) is 37.5 Å². The summed E-state index contributed by atoms with van der Waals surface area (Å²) in [6.07, 6.45) is 8.52. The Bertz CT molecular complexity index is 916. The minimum absolute atomic E-state index is 0.185. The number of aliphatic hydroxyl groups excluding tert-OH is 1. The van der Waals surface area contributed by atoms with E-state index in [0.29, 0.717) is 6.04 Å². The van der Waals surface area contributed by atoms with Crippen LogP contribution in [-0.4, -0.2) is 47.4 Å². The summed E-state index contributed by atoms with van der Waals surface area (Å²) in [7, 11) is 0. The van der Waals surface area contributed by atoms with Crippen LogP contribution in [0.4, 0.5) is 5.82 Å². The van der Waals surface area contributed by atoms with E-state index in [2.05, 4.69) is 61.1 Å². The normalized spacial score (nSPS) is 19.2. The van der Waals surface area contributed by atoms with Crippen molar-refractivity contribution in [3.05, 3.63) is 41.6 Å². The molecule has 0 amide bonds. The van der Waals surface area contributed by atoms with Gasteiger partial charge in [-0.2, -0.15) is 0 Å². The Morgan fingerprint density at radius 2 is 1.65 bits per heavy atom. The van der Waals surface area contributed by atoms with Gasteiger partial charge in [-0.05, 0) is 79.2 Å². The molecule has 1 aliphatic carbocycles. The van der Waals surface area contributed by atoms with Gasteiger partial charge in [0.25, 0.3) is 0 Å². The smallest absolute Gasteiger partial charge is 0.161 e. The van der Waals surface area contributed by atoms with Gasteiger partial charge in [-0.15, -0.1) is 0 Å². The molecule has 1 fully saturated rings. The quantitative estimate of drug-likeness (QED) is 0.501. The molecule has 1 aromatic carbocycles. The first-order chi connectivity index (χ1) is 16.3. The summed E-state index contributed by atoms with van der Waals surface area (Å²) in [4.78, 5) is 12.0. The number of aliphatic hydroxyl groups is 1. The third-order valence-corrected chi connectivity index (χ3v) is 7.59. The highest BCUT2D eigenvalue weighted by Gasteiger charge is 2.37. The molecule has 0 radical (unpaired) electrons. The lowest BCUT2D eigenvalue weighted by molar-refractivity contribution is 0.281. The molecule has 1 aliphatic heterocycles. The molecular formula is C29H46N4O. The summed E-state index contributed by atoms with van der Waals surface area (Å²) >= 11 is 0. The van der Waals surface area contributed by atoms with Crippen molar-refractivity contribution < 1.29 is 5.11 Å². The van der Waals surface area contributed by atoms with Crippen LogP contribution in [0.25, 0.3) is 11.4 Å². The highest BCUT2D eigenvalue weighted by Crippen LogP contribution is 2.46. The Morgan fingerprint density at radius 1 is 0.971 bits per heavy atom. The van der Waals surface area contributed by atoms with E-state index in [9.17, 15) is 0 Å². The number of anilines is 1. The lowest BCUT2D eigenvalue weighted by Crippen LogP contribution is -2.43. The molecule has 0 saturated carbocycles. The van der Waals surface area contributed by atoms with Gasteiger partial charge in [0.1, 0.15) is 5.82 Å². The van der Waals surface area contributed by atoms with Crippen molar-refractivity contribution in [3.8, 4) is 11.4 Å². The highest BCUT2D eigenvalue weighted by atomic mass is 16.2. The molecule has 0 spiro atoms. The summed E-state index contributed by atoms with van der Waals surface area (Å²) < 4.78 is 0. The van der Waals surface area contributed by atoms with Crippen LogP contribution in [0.5, 0.6) is 0 Å². The third-order valence-electron chi connectivity index (χ3n) is 7.59. The maximum Gasteiger partial charge on any atom is 0.161 e. The maximum absolute atomic E-state index is 8.93. The lowest BCUT2D eigenvalue weighted by atomic mass is 9.63. The standard InChI is InChI=1S/C27H40N4O.C2H6/c1-26(2)12-13-27(3,4)23-19-20(7-8-22(23)26)25-29-15-9-24(30-25)31-16-10-21(11-17-31)28-14-5-6-18-32;1-2/h7-9,15,19,21,28,32H,5-6,10-14,16-18H2,1-4H3;1-2H3. The minimum atomic E-state index is 0.185. The summed E-state index contributed by atoms with van der Waals surface area (Å²) in [6.45, 7) is 16.8. The van der Waals surface area contributed by atoms with E-state index in [4.69, 9.17) is 10.1 Å². The number of hydrogen-bond acceptors (Lipinski definition) is 5. The van der Waals surface area contributed by atoms with Crippen LogP contribution >= 0.6 is 0 Å². The highest BCUT2D eigenvalue weighted by molar-refractivity contribution is 5.61. The third kappa shape index (κ3) is 6.17. The van der Waals surface area contributed by atoms with Crippen LogP contribution in [0, 0.1) is 0 Å². The number of fused-ring (bicyclic) bond motifs is 1. The van der Waals surface area contributed by atoms with Crippen LogP contribution in [0.3, 0.4) is 0 Å². The van der Waals surface area contributed by atoms with E-state index in [1.807, 2.05) is 26.1 Å². The second-order valence-electron chi connectivity index (χ2n) is 10.9. The van der Waals surface area contributed by atoms with E-state index < -0.39 is 0 Å². The van der Waals surface area contributed by atoms with Crippen LogP contribution in [0.1, 0.15) is 91.2 Å². The van der Waals surface area contributed by atoms with Crippen molar-refractivity contribution in [3.63, 3.8) is 0 Å². The van der Waals surface area contributed by atoms with Gasteiger partial charge < -0.3 is 15.3 Å². The number of rotatable bonds is 7. The molecule has 0 atom stereocenters. The van der Waals surface area contributed by atoms with Crippen molar-refractivity contribution in [2.24, 2.45) is 0 Å². The largest absolute Gasteiger partial charge is 0.396 e. The van der Waals surface area contributed by atoms with E-state index in [0.717, 1.165) is 62.5 Å². The number of unbranched alkanes of at least 4 members (excludes halogenated alkanes) is 1. The Kier molecular flexibility index (Phi) is 9.11. The lowest BCUT2D eigenvalue weighted by Gasteiger charge is -2.42. The number of benzene rings is 1. The maximum atomic E-state index is 8.93. The number of piperidine rings is 1. The zero-order valence-corrected chi connectivity index (χ0v) is 22.3. The zero-order valence-electron chi connectivity index (χ0n) is 22.3. The van der Waals surface area contributed by atoms with Gasteiger partial charge in [0.05, 0.1) is 0 Å². The molecule has 2 heterocycles. The Balaban J connectivity index is 0.00000158. The predicted molar refractivity (Wildman–Crippen MR) is 144 cm³/mol. The zero-order chi connectivity index (χ0) is 24.8.